The van der Waals surface area contributed by atoms with Crippen LogP contribution in [-0.4, -0.2) is 76.7 Å². The van der Waals surface area contributed by atoms with Crippen LogP contribution in [0.15, 0.2) is 30.3 Å². The molecule has 10 nitrogen and oxygen atoms in total. The van der Waals surface area contributed by atoms with E-state index in [1.165, 1.54) is 17.7 Å². The molecule has 1 aromatic carbocycles. The Labute approximate surface area is 301 Å². The van der Waals surface area contributed by atoms with Gasteiger partial charge in [0.25, 0.3) is 0 Å². The molecule has 5 atom stereocenters. The Morgan fingerprint density at radius 3 is 2.12 bits per heavy atom. The standard InChI is InChI=1S/C40H66N4O6/c1-7-17-34(44(6)38(48)32(43-39(49)50-40(3,4)5)25-24-29-18-11-8-12-19-29)37(47)42-33(27-30-20-13-9-14-21-30)35(45)26-28(2)36(46)41-31-22-15-10-16-23-31/h8,11-12,18-19,28,30-35,45H,7,9-10,13-17,20-27H2,1-6H3,(H,41,46)(H,42,47)(H,43,49)/t28-,32+,33+,34+,35+/m1/s1. The topological polar surface area (TPSA) is 137 Å². The van der Waals surface area contributed by atoms with Gasteiger partial charge in [-0.25, -0.2) is 4.79 Å². The van der Waals surface area contributed by atoms with Crippen LogP contribution in [0, 0.1) is 11.8 Å². The van der Waals surface area contributed by atoms with Crippen LogP contribution in [0.2, 0.25) is 0 Å². The molecule has 0 saturated heterocycles. The van der Waals surface area contributed by atoms with Gasteiger partial charge in [0.05, 0.1) is 12.1 Å². The Hall–Kier alpha value is -3.14. The molecule has 0 heterocycles. The third kappa shape index (κ3) is 14.2. The van der Waals surface area contributed by atoms with Crippen molar-refractivity contribution in [3.8, 4) is 0 Å². The molecule has 4 amide bonds. The molecule has 4 N–H and O–H groups in total. The monoisotopic (exact) mass is 698 g/mol. The summed E-state index contributed by atoms with van der Waals surface area (Å²) in [7, 11) is 1.61. The maximum atomic E-state index is 14.1. The number of nitrogens with zero attached hydrogens (tertiary/aromatic N) is 1. The number of carbonyl (C=O) groups excluding carboxylic acids is 4. The second-order valence-electron chi connectivity index (χ2n) is 15.9. The van der Waals surface area contributed by atoms with Crippen molar-refractivity contribution < 1.29 is 29.0 Å². The number of ether oxygens (including phenoxy) is 1. The first kappa shape index (κ1) is 41.3. The van der Waals surface area contributed by atoms with Gasteiger partial charge in [0, 0.05) is 19.0 Å². The highest BCUT2D eigenvalue weighted by Gasteiger charge is 2.36. The van der Waals surface area contributed by atoms with Gasteiger partial charge in [-0.1, -0.05) is 102 Å². The lowest BCUT2D eigenvalue weighted by molar-refractivity contribution is -0.141. The van der Waals surface area contributed by atoms with Gasteiger partial charge in [-0.15, -0.1) is 0 Å². The summed E-state index contributed by atoms with van der Waals surface area (Å²) >= 11 is 0. The molecule has 2 fully saturated rings. The Morgan fingerprint density at radius 2 is 1.52 bits per heavy atom. The molecular formula is C40H66N4O6. The molecule has 0 radical (unpaired) electrons. The average molecular weight is 699 g/mol. The van der Waals surface area contributed by atoms with E-state index in [0.29, 0.717) is 38.0 Å². The Bertz CT molecular complexity index is 1190. The summed E-state index contributed by atoms with van der Waals surface area (Å²) in [6, 6.07) is 7.68. The molecule has 0 bridgehead atoms. The van der Waals surface area contributed by atoms with Gasteiger partial charge in [-0.3, -0.25) is 14.4 Å². The molecule has 282 valence electrons. The first-order valence-electron chi connectivity index (χ1n) is 19.4. The van der Waals surface area contributed by atoms with Crippen molar-refractivity contribution in [3.05, 3.63) is 35.9 Å². The highest BCUT2D eigenvalue weighted by atomic mass is 16.6. The molecule has 1 aromatic rings. The molecule has 2 saturated carbocycles. The summed E-state index contributed by atoms with van der Waals surface area (Å²) < 4.78 is 5.49. The number of likely N-dealkylation sites (N-methyl/N-ethyl adjacent to an activating group) is 1. The van der Waals surface area contributed by atoms with E-state index >= 15 is 0 Å². The maximum Gasteiger partial charge on any atom is 0.408 e. The third-order valence-electron chi connectivity index (χ3n) is 10.3. The van der Waals surface area contributed by atoms with Gasteiger partial charge < -0.3 is 30.7 Å². The minimum atomic E-state index is -0.913. The molecule has 10 heteroatoms. The van der Waals surface area contributed by atoms with E-state index in [2.05, 4.69) is 16.0 Å². The van der Waals surface area contributed by atoms with Crippen molar-refractivity contribution in [1.82, 2.24) is 20.9 Å². The van der Waals surface area contributed by atoms with Crippen LogP contribution in [0.4, 0.5) is 4.79 Å². The maximum absolute atomic E-state index is 14.1. The minimum absolute atomic E-state index is 0.0492. The van der Waals surface area contributed by atoms with E-state index in [1.54, 1.807) is 27.8 Å². The molecular weight excluding hydrogens is 632 g/mol. The number of hydrogen-bond donors (Lipinski definition) is 4. The minimum Gasteiger partial charge on any atom is -0.444 e. The van der Waals surface area contributed by atoms with Crippen LogP contribution in [-0.2, 0) is 25.5 Å². The first-order valence-corrected chi connectivity index (χ1v) is 19.4. The average Bonchev–Trinajstić information content (AvgIpc) is 3.08. The lowest BCUT2D eigenvalue weighted by Crippen LogP contribution is -2.57. The molecule has 0 spiro atoms. The van der Waals surface area contributed by atoms with E-state index in [-0.39, 0.29) is 30.2 Å². The molecule has 2 aliphatic carbocycles. The number of rotatable bonds is 17. The van der Waals surface area contributed by atoms with Gasteiger partial charge in [0.2, 0.25) is 17.7 Å². The highest BCUT2D eigenvalue weighted by Crippen LogP contribution is 2.29. The number of carbonyl (C=O) groups is 4. The van der Waals surface area contributed by atoms with Crippen LogP contribution < -0.4 is 16.0 Å². The Balaban J connectivity index is 1.75. The van der Waals surface area contributed by atoms with Gasteiger partial charge in [0.15, 0.2) is 0 Å². The third-order valence-corrected chi connectivity index (χ3v) is 10.3. The second-order valence-corrected chi connectivity index (χ2v) is 15.9. The lowest BCUT2D eigenvalue weighted by atomic mass is 9.82. The smallest absolute Gasteiger partial charge is 0.408 e. The molecule has 0 aliphatic heterocycles. The zero-order chi connectivity index (χ0) is 36.7. The fourth-order valence-corrected chi connectivity index (χ4v) is 7.43. The van der Waals surface area contributed by atoms with Gasteiger partial charge >= 0.3 is 6.09 Å². The predicted molar refractivity (Wildman–Crippen MR) is 197 cm³/mol. The van der Waals surface area contributed by atoms with Crippen molar-refractivity contribution in [2.24, 2.45) is 11.8 Å². The SMILES string of the molecule is CCC[C@@H](C(=O)N[C@@H](CC1CCCCC1)[C@@H](O)C[C@@H](C)C(=O)NC1CCCCC1)N(C)C(=O)[C@H](CCc1ccccc1)NC(=O)OC(C)(C)C. The summed E-state index contributed by atoms with van der Waals surface area (Å²) in [4.78, 5) is 55.6. The van der Waals surface area contributed by atoms with Gasteiger partial charge in [-0.05, 0) is 77.2 Å². The number of alkyl carbamates (subject to hydrolysis) is 1. The first-order chi connectivity index (χ1) is 23.8. The number of aliphatic hydroxyl groups excluding tert-OH is 1. The van der Waals surface area contributed by atoms with E-state index in [4.69, 9.17) is 4.74 Å². The fourth-order valence-electron chi connectivity index (χ4n) is 7.43. The van der Waals surface area contributed by atoms with E-state index in [9.17, 15) is 24.3 Å². The van der Waals surface area contributed by atoms with Crippen LogP contribution in [0.3, 0.4) is 0 Å². The van der Waals surface area contributed by atoms with Gasteiger partial charge in [-0.2, -0.15) is 0 Å². The normalized spacial score (nSPS) is 18.9. The predicted octanol–water partition coefficient (Wildman–Crippen LogP) is 6.43. The summed E-state index contributed by atoms with van der Waals surface area (Å²) in [5.74, 6) is -0.789. The van der Waals surface area contributed by atoms with Crippen molar-refractivity contribution in [2.75, 3.05) is 7.05 Å². The zero-order valence-electron chi connectivity index (χ0n) is 31.7. The van der Waals surface area contributed by atoms with E-state index in [0.717, 1.165) is 56.9 Å². The van der Waals surface area contributed by atoms with Crippen LogP contribution in [0.1, 0.15) is 136 Å². The second kappa shape index (κ2) is 20.6. The Morgan fingerprint density at radius 1 is 0.900 bits per heavy atom. The quantitative estimate of drug-likeness (QED) is 0.148. The van der Waals surface area contributed by atoms with E-state index < -0.39 is 41.8 Å². The summed E-state index contributed by atoms with van der Waals surface area (Å²) in [5.41, 5.74) is 0.290. The number of nitrogens with one attached hydrogen (secondary N) is 3. The Kier molecular flexibility index (Phi) is 17.0. The van der Waals surface area contributed by atoms with Crippen LogP contribution in [0.5, 0.6) is 0 Å². The van der Waals surface area contributed by atoms with Crippen molar-refractivity contribution in [3.63, 3.8) is 0 Å². The largest absolute Gasteiger partial charge is 0.444 e. The highest BCUT2D eigenvalue weighted by molar-refractivity contribution is 5.91. The fraction of sp³-hybridized carbons (Fsp3) is 0.750. The van der Waals surface area contributed by atoms with Crippen molar-refractivity contribution >= 4 is 23.8 Å². The van der Waals surface area contributed by atoms with Gasteiger partial charge in [0.1, 0.15) is 17.7 Å². The van der Waals surface area contributed by atoms with Crippen LogP contribution >= 0.6 is 0 Å². The summed E-state index contributed by atoms with van der Waals surface area (Å²) in [6.45, 7) is 9.11. The number of benzene rings is 1. The molecule has 2 aliphatic rings. The summed E-state index contributed by atoms with van der Waals surface area (Å²) in [6.07, 6.45) is 12.2. The molecule has 0 aromatic heterocycles. The number of hydrogen-bond acceptors (Lipinski definition) is 6. The number of amides is 4. The summed E-state index contributed by atoms with van der Waals surface area (Å²) in [5, 5.41) is 20.7. The molecule has 50 heavy (non-hydrogen) atoms. The van der Waals surface area contributed by atoms with E-state index in [1.807, 2.05) is 44.2 Å². The van der Waals surface area contributed by atoms with Crippen LogP contribution in [0.25, 0.3) is 0 Å². The number of aryl methyl sites for hydroxylation is 1. The number of aliphatic hydroxyl groups is 1. The molecule has 0 unspecified atom stereocenters. The lowest BCUT2D eigenvalue weighted by Gasteiger charge is -2.35. The van der Waals surface area contributed by atoms with Crippen molar-refractivity contribution in [2.45, 2.75) is 173 Å². The molecule has 3 rings (SSSR count). The zero-order valence-corrected chi connectivity index (χ0v) is 31.7. The van der Waals surface area contributed by atoms with Crippen molar-refractivity contribution in [1.29, 1.82) is 0 Å².